The number of aromatic amines is 1. The number of aromatic carboxylic acids is 1. The van der Waals surface area contributed by atoms with E-state index in [1.54, 1.807) is 13.0 Å². The molecular weight excluding hydrogens is 258 g/mol. The van der Waals surface area contributed by atoms with Crippen molar-refractivity contribution in [2.75, 3.05) is 6.61 Å². The summed E-state index contributed by atoms with van der Waals surface area (Å²) in [6.45, 7) is 1.79. The van der Waals surface area contributed by atoms with Crippen LogP contribution in [-0.4, -0.2) is 23.5 Å². The molecule has 1 aromatic heterocycles. The van der Waals surface area contributed by atoms with E-state index in [2.05, 4.69) is 4.98 Å². The van der Waals surface area contributed by atoms with E-state index in [0.29, 0.717) is 15.9 Å². The van der Waals surface area contributed by atoms with Crippen LogP contribution in [0.2, 0.25) is 5.02 Å². The molecule has 18 heavy (non-hydrogen) atoms. The van der Waals surface area contributed by atoms with E-state index in [9.17, 15) is 14.7 Å². The van der Waals surface area contributed by atoms with Crippen molar-refractivity contribution in [2.24, 2.45) is 0 Å². The summed E-state index contributed by atoms with van der Waals surface area (Å²) in [7, 11) is 0. The van der Waals surface area contributed by atoms with E-state index in [1.807, 2.05) is 0 Å². The predicted octanol–water partition coefficient (Wildman–Crippen LogP) is 1.36. The van der Waals surface area contributed by atoms with Crippen molar-refractivity contribution in [3.8, 4) is 0 Å². The zero-order chi connectivity index (χ0) is 13.3. The lowest BCUT2D eigenvalue weighted by molar-refractivity contribution is -0.254. The van der Waals surface area contributed by atoms with Crippen molar-refractivity contribution in [3.05, 3.63) is 34.5 Å². The lowest BCUT2D eigenvalue weighted by atomic mass is 10.1. The molecule has 0 unspecified atom stereocenters. The van der Waals surface area contributed by atoms with E-state index < -0.39 is 11.9 Å². The van der Waals surface area contributed by atoms with Gasteiger partial charge >= 0.3 is 5.97 Å². The predicted molar refractivity (Wildman–Crippen MR) is 63.6 cm³/mol. The maximum Gasteiger partial charge on any atom is 0.355 e. The number of ether oxygens (including phenoxy) is 1. The van der Waals surface area contributed by atoms with E-state index in [1.165, 1.54) is 12.1 Å². The van der Waals surface area contributed by atoms with Crippen LogP contribution in [0.4, 0.5) is 0 Å². The Morgan fingerprint density at radius 1 is 1.44 bits per heavy atom. The maximum atomic E-state index is 11.6. The van der Waals surface area contributed by atoms with Gasteiger partial charge in [-0.1, -0.05) is 17.7 Å². The third-order valence-corrected chi connectivity index (χ3v) is 2.68. The zero-order valence-corrected chi connectivity index (χ0v) is 10.2. The van der Waals surface area contributed by atoms with Gasteiger partial charge in [-0.3, -0.25) is 0 Å². The van der Waals surface area contributed by atoms with Gasteiger partial charge in [0.25, 0.3) is 0 Å². The summed E-state index contributed by atoms with van der Waals surface area (Å²) in [4.78, 5) is 25.5. The monoisotopic (exact) mass is 266 g/mol. The summed E-state index contributed by atoms with van der Waals surface area (Å²) in [5, 5.41) is 11.9. The first kappa shape index (κ1) is 12.4. The Balaban J connectivity index is 2.68. The van der Waals surface area contributed by atoms with Gasteiger partial charge in [0.1, 0.15) is 5.69 Å². The average molecular weight is 267 g/mol. The van der Waals surface area contributed by atoms with Gasteiger partial charge in [-0.05, 0) is 19.1 Å². The number of nitrogens with one attached hydrogen (secondary N) is 1. The number of rotatable bonds is 3. The van der Waals surface area contributed by atoms with Crippen molar-refractivity contribution >= 4 is 34.4 Å². The van der Waals surface area contributed by atoms with Gasteiger partial charge < -0.3 is 19.6 Å². The van der Waals surface area contributed by atoms with Crippen LogP contribution in [-0.2, 0) is 4.74 Å². The molecule has 5 nitrogen and oxygen atoms in total. The third-order valence-electron chi connectivity index (χ3n) is 2.44. The molecule has 0 aliphatic carbocycles. The topological polar surface area (TPSA) is 82.2 Å². The Morgan fingerprint density at radius 3 is 2.78 bits per heavy atom. The molecule has 0 fully saturated rings. The number of aromatic nitrogens is 1. The number of hydrogen-bond acceptors (Lipinski definition) is 4. The standard InChI is InChI=1S/C12H10ClNO4/c1-2-18-12(17)10-9(11(15)16)7-4-3-6(13)5-8(7)14-10/h3-5,14H,2H2,1H3,(H,15,16)/p-1. The second kappa shape index (κ2) is 4.70. The molecular formula is C12H9ClNO4-. The molecule has 2 rings (SSSR count). The lowest BCUT2D eigenvalue weighted by Gasteiger charge is -2.04. The largest absolute Gasteiger partial charge is 0.545 e. The fraction of sp³-hybridized carbons (Fsp3) is 0.167. The van der Waals surface area contributed by atoms with Gasteiger partial charge in [0.2, 0.25) is 0 Å². The van der Waals surface area contributed by atoms with Gasteiger partial charge in [0.15, 0.2) is 0 Å². The molecule has 0 atom stereocenters. The van der Waals surface area contributed by atoms with Crippen LogP contribution in [0.3, 0.4) is 0 Å². The third kappa shape index (κ3) is 2.04. The fourth-order valence-electron chi connectivity index (χ4n) is 1.74. The van der Waals surface area contributed by atoms with Crippen LogP contribution in [0.5, 0.6) is 0 Å². The quantitative estimate of drug-likeness (QED) is 0.851. The summed E-state index contributed by atoms with van der Waals surface area (Å²) in [6.07, 6.45) is 0. The first-order chi connectivity index (χ1) is 8.54. The number of carboxylic acids is 1. The van der Waals surface area contributed by atoms with Crippen LogP contribution < -0.4 is 5.11 Å². The van der Waals surface area contributed by atoms with Crippen molar-refractivity contribution in [2.45, 2.75) is 6.92 Å². The summed E-state index contributed by atoms with van der Waals surface area (Å²) < 4.78 is 4.78. The number of halogens is 1. The summed E-state index contributed by atoms with van der Waals surface area (Å²) in [6, 6.07) is 4.59. The molecule has 0 aliphatic heterocycles. The molecule has 0 saturated heterocycles. The van der Waals surface area contributed by atoms with Crippen molar-refractivity contribution < 1.29 is 19.4 Å². The van der Waals surface area contributed by atoms with Crippen LogP contribution in [0, 0.1) is 0 Å². The van der Waals surface area contributed by atoms with Crippen LogP contribution in [0.15, 0.2) is 18.2 Å². The zero-order valence-electron chi connectivity index (χ0n) is 9.45. The molecule has 1 N–H and O–H groups in total. The number of hydrogen-bond donors (Lipinski definition) is 1. The highest BCUT2D eigenvalue weighted by Crippen LogP contribution is 2.25. The Bertz CT molecular complexity index is 632. The minimum Gasteiger partial charge on any atom is -0.545 e. The molecule has 1 aromatic carbocycles. The molecule has 0 spiro atoms. The highest BCUT2D eigenvalue weighted by Gasteiger charge is 2.19. The highest BCUT2D eigenvalue weighted by molar-refractivity contribution is 6.31. The highest BCUT2D eigenvalue weighted by atomic mass is 35.5. The van der Waals surface area contributed by atoms with E-state index in [4.69, 9.17) is 16.3 Å². The number of carbonyl (C=O) groups excluding carboxylic acids is 2. The van der Waals surface area contributed by atoms with Gasteiger partial charge in [0, 0.05) is 21.5 Å². The fourth-order valence-corrected chi connectivity index (χ4v) is 1.91. The van der Waals surface area contributed by atoms with Crippen molar-refractivity contribution in [1.29, 1.82) is 0 Å². The smallest absolute Gasteiger partial charge is 0.355 e. The molecule has 2 aromatic rings. The molecule has 94 valence electrons. The normalized spacial score (nSPS) is 10.6. The number of carbonyl (C=O) groups is 2. The number of carboxylic acid groups (broad SMARTS) is 1. The van der Waals surface area contributed by atoms with E-state index >= 15 is 0 Å². The number of benzene rings is 1. The lowest BCUT2D eigenvalue weighted by Crippen LogP contribution is -2.25. The maximum absolute atomic E-state index is 11.6. The minimum atomic E-state index is -1.44. The van der Waals surface area contributed by atoms with Crippen LogP contribution >= 0.6 is 11.6 Å². The molecule has 0 saturated carbocycles. The SMILES string of the molecule is CCOC(=O)c1[nH]c2cc(Cl)ccc2c1C(=O)[O-]. The summed E-state index contributed by atoms with van der Waals surface area (Å²) in [5.41, 5.74) is 0.110. The Labute approximate surface area is 107 Å². The number of fused-ring (bicyclic) bond motifs is 1. The minimum absolute atomic E-state index is 0.130. The molecule has 0 amide bonds. The molecule has 6 heteroatoms. The van der Waals surface area contributed by atoms with Crippen molar-refractivity contribution in [3.63, 3.8) is 0 Å². The molecule has 0 bridgehead atoms. The average Bonchev–Trinajstić information content (AvgIpc) is 2.67. The van der Waals surface area contributed by atoms with Crippen molar-refractivity contribution in [1.82, 2.24) is 4.98 Å². The molecule has 0 aliphatic rings. The van der Waals surface area contributed by atoms with Gasteiger partial charge in [-0.15, -0.1) is 0 Å². The Morgan fingerprint density at radius 2 is 2.17 bits per heavy atom. The van der Waals surface area contributed by atoms with E-state index in [0.717, 1.165) is 0 Å². The summed E-state index contributed by atoms with van der Waals surface area (Å²) in [5.74, 6) is -2.17. The Hall–Kier alpha value is -2.01. The summed E-state index contributed by atoms with van der Waals surface area (Å²) >= 11 is 5.80. The molecule has 0 radical (unpaired) electrons. The van der Waals surface area contributed by atoms with Gasteiger partial charge in [-0.2, -0.15) is 0 Å². The number of H-pyrrole nitrogens is 1. The first-order valence-electron chi connectivity index (χ1n) is 5.24. The Kier molecular flexibility index (Phi) is 3.25. The van der Waals surface area contributed by atoms with E-state index in [-0.39, 0.29) is 17.9 Å². The van der Waals surface area contributed by atoms with Crippen LogP contribution in [0.1, 0.15) is 27.8 Å². The van der Waals surface area contributed by atoms with Gasteiger partial charge in [0.05, 0.1) is 12.6 Å². The number of esters is 1. The second-order valence-corrected chi connectivity index (χ2v) is 4.01. The second-order valence-electron chi connectivity index (χ2n) is 3.57. The molecule has 1 heterocycles. The first-order valence-corrected chi connectivity index (χ1v) is 5.62. The van der Waals surface area contributed by atoms with Crippen LogP contribution in [0.25, 0.3) is 10.9 Å². The van der Waals surface area contributed by atoms with Gasteiger partial charge in [-0.25, -0.2) is 4.79 Å².